The minimum Gasteiger partial charge on any atom is -0.304 e. The van der Waals surface area contributed by atoms with Gasteiger partial charge in [0, 0.05) is 26.2 Å². The lowest BCUT2D eigenvalue weighted by Gasteiger charge is -2.31. The number of likely N-dealkylation sites (N-methyl/N-ethyl adjacent to an activating group) is 1. The minimum absolute atomic E-state index is 0.113. The van der Waals surface area contributed by atoms with E-state index in [9.17, 15) is 13.2 Å². The van der Waals surface area contributed by atoms with Crippen LogP contribution in [0.25, 0.3) is 0 Å². The van der Waals surface area contributed by atoms with Gasteiger partial charge in [0.25, 0.3) is 0 Å². The normalized spacial score (nSPS) is 20.0. The van der Waals surface area contributed by atoms with Gasteiger partial charge in [0.2, 0.25) is 21.1 Å². The first-order valence-electron chi connectivity index (χ1n) is 10.8. The molecule has 1 aliphatic carbocycles. The maximum absolute atomic E-state index is 13.1. The summed E-state index contributed by atoms with van der Waals surface area (Å²) >= 11 is 1.29. The molecular formula is C21H29N5O3S2. The van der Waals surface area contributed by atoms with Crippen molar-refractivity contribution in [3.05, 3.63) is 35.3 Å². The smallest absolute Gasteiger partial charge is 0.243 e. The van der Waals surface area contributed by atoms with Gasteiger partial charge in [0.15, 0.2) is 0 Å². The zero-order valence-corrected chi connectivity index (χ0v) is 19.4. The molecule has 1 N–H and O–H groups in total. The SMILES string of the molecule is CN1CCN(S(=O)(=O)c2ccc([C@@H](CC3CCCC3)C(=O)Nc3nncs3)cc2)CC1. The molecule has 1 aromatic heterocycles. The quantitative estimate of drug-likeness (QED) is 0.678. The van der Waals surface area contributed by atoms with Gasteiger partial charge < -0.3 is 4.90 Å². The number of nitrogens with zero attached hydrogens (tertiary/aromatic N) is 4. The Bertz CT molecular complexity index is 965. The van der Waals surface area contributed by atoms with Crippen LogP contribution in [0.3, 0.4) is 0 Å². The fraction of sp³-hybridized carbons (Fsp3) is 0.571. The van der Waals surface area contributed by atoms with Crippen LogP contribution < -0.4 is 5.32 Å². The van der Waals surface area contributed by atoms with Crippen LogP contribution in [0.5, 0.6) is 0 Å². The van der Waals surface area contributed by atoms with E-state index in [2.05, 4.69) is 20.4 Å². The van der Waals surface area contributed by atoms with E-state index in [1.54, 1.807) is 34.1 Å². The van der Waals surface area contributed by atoms with Gasteiger partial charge in [-0.25, -0.2) is 8.42 Å². The van der Waals surface area contributed by atoms with Crippen molar-refractivity contribution in [3.63, 3.8) is 0 Å². The summed E-state index contributed by atoms with van der Waals surface area (Å²) in [6, 6.07) is 6.87. The lowest BCUT2D eigenvalue weighted by Crippen LogP contribution is -2.47. The molecule has 2 heterocycles. The second kappa shape index (κ2) is 9.72. The van der Waals surface area contributed by atoms with Crippen molar-refractivity contribution in [1.82, 2.24) is 19.4 Å². The van der Waals surface area contributed by atoms with Crippen LogP contribution in [0.15, 0.2) is 34.7 Å². The number of sulfonamides is 1. The first-order valence-corrected chi connectivity index (χ1v) is 13.1. The van der Waals surface area contributed by atoms with Crippen LogP contribution >= 0.6 is 11.3 Å². The molecule has 0 bridgehead atoms. The lowest BCUT2D eigenvalue weighted by atomic mass is 9.87. The summed E-state index contributed by atoms with van der Waals surface area (Å²) in [5.41, 5.74) is 2.42. The van der Waals surface area contributed by atoms with E-state index in [1.807, 2.05) is 7.05 Å². The molecule has 1 saturated heterocycles. The number of carbonyl (C=O) groups excluding carboxylic acids is 1. The van der Waals surface area contributed by atoms with Crippen LogP contribution in [0, 0.1) is 5.92 Å². The number of nitrogens with one attached hydrogen (secondary N) is 1. The third kappa shape index (κ3) is 5.31. The molecule has 0 radical (unpaired) electrons. The molecule has 2 aromatic rings. The van der Waals surface area contributed by atoms with Crippen molar-refractivity contribution in [2.24, 2.45) is 5.92 Å². The van der Waals surface area contributed by atoms with Gasteiger partial charge in [0.1, 0.15) is 5.51 Å². The molecule has 2 fully saturated rings. The average molecular weight is 464 g/mol. The molecule has 1 atom stereocenters. The summed E-state index contributed by atoms with van der Waals surface area (Å²) in [7, 11) is -1.53. The molecule has 1 saturated carbocycles. The maximum Gasteiger partial charge on any atom is 0.243 e. The highest BCUT2D eigenvalue weighted by Gasteiger charge is 2.30. The summed E-state index contributed by atoms with van der Waals surface area (Å²) in [4.78, 5) is 15.5. The van der Waals surface area contributed by atoms with Gasteiger partial charge in [-0.15, -0.1) is 10.2 Å². The van der Waals surface area contributed by atoms with Crippen LogP contribution in [0.1, 0.15) is 43.6 Å². The highest BCUT2D eigenvalue weighted by molar-refractivity contribution is 7.89. The van der Waals surface area contributed by atoms with E-state index in [-0.39, 0.29) is 16.7 Å². The monoisotopic (exact) mass is 463 g/mol. The highest BCUT2D eigenvalue weighted by Crippen LogP contribution is 2.35. The van der Waals surface area contributed by atoms with E-state index in [1.165, 1.54) is 24.2 Å². The number of hydrogen-bond acceptors (Lipinski definition) is 7. The van der Waals surface area contributed by atoms with E-state index in [0.717, 1.165) is 37.9 Å². The largest absolute Gasteiger partial charge is 0.304 e. The number of piperazine rings is 1. The van der Waals surface area contributed by atoms with E-state index >= 15 is 0 Å². The second-order valence-electron chi connectivity index (χ2n) is 8.45. The van der Waals surface area contributed by atoms with Crippen LogP contribution in [0.4, 0.5) is 5.13 Å². The predicted octanol–water partition coefficient (Wildman–Crippen LogP) is 2.78. The average Bonchev–Trinajstić information content (AvgIpc) is 3.46. The summed E-state index contributed by atoms with van der Waals surface area (Å²) < 4.78 is 27.6. The number of benzene rings is 1. The standard InChI is InChI=1S/C21H29N5O3S2/c1-25-10-12-26(13-11-25)31(28,29)18-8-6-17(7-9-18)19(14-16-4-2-3-5-16)20(27)23-21-24-22-15-30-21/h6-9,15-16,19H,2-5,10-14H2,1H3,(H,23,24,27)/t19-/m1/s1. The van der Waals surface area contributed by atoms with Gasteiger partial charge in [0.05, 0.1) is 10.8 Å². The Labute approximate surface area is 187 Å². The lowest BCUT2D eigenvalue weighted by molar-refractivity contribution is -0.118. The molecule has 1 amide bonds. The zero-order chi connectivity index (χ0) is 21.8. The number of hydrogen-bond donors (Lipinski definition) is 1. The van der Waals surface area contributed by atoms with Crippen LogP contribution in [-0.2, 0) is 14.8 Å². The van der Waals surface area contributed by atoms with Crippen molar-refractivity contribution < 1.29 is 13.2 Å². The Morgan fingerprint density at radius 1 is 1.16 bits per heavy atom. The molecule has 4 rings (SSSR count). The number of amides is 1. The Hall–Kier alpha value is -1.88. The number of rotatable bonds is 7. The molecule has 31 heavy (non-hydrogen) atoms. The Morgan fingerprint density at radius 3 is 2.45 bits per heavy atom. The van der Waals surface area contributed by atoms with Crippen molar-refractivity contribution in [3.8, 4) is 0 Å². The second-order valence-corrected chi connectivity index (χ2v) is 11.2. The molecule has 1 aromatic carbocycles. The van der Waals surface area contributed by atoms with E-state index in [4.69, 9.17) is 0 Å². The Morgan fingerprint density at radius 2 is 1.84 bits per heavy atom. The summed E-state index contributed by atoms with van der Waals surface area (Å²) in [6.45, 7) is 2.45. The fourth-order valence-electron chi connectivity index (χ4n) is 4.44. The van der Waals surface area contributed by atoms with Gasteiger partial charge in [-0.05, 0) is 37.1 Å². The fourth-order valence-corrected chi connectivity index (χ4v) is 6.31. The van der Waals surface area contributed by atoms with Crippen molar-refractivity contribution >= 4 is 32.4 Å². The van der Waals surface area contributed by atoms with Gasteiger partial charge in [-0.3, -0.25) is 10.1 Å². The third-order valence-electron chi connectivity index (χ3n) is 6.33. The molecule has 0 unspecified atom stereocenters. The molecule has 168 valence electrons. The molecule has 2 aliphatic rings. The van der Waals surface area contributed by atoms with Crippen LogP contribution in [-0.4, -0.2) is 67.0 Å². The third-order valence-corrected chi connectivity index (χ3v) is 8.85. The summed E-state index contributed by atoms with van der Waals surface area (Å²) in [6.07, 6.45) is 5.45. The van der Waals surface area contributed by atoms with Gasteiger partial charge in [-0.2, -0.15) is 4.31 Å². The van der Waals surface area contributed by atoms with Crippen LogP contribution in [0.2, 0.25) is 0 Å². The first kappa shape index (κ1) is 22.3. The minimum atomic E-state index is -3.52. The summed E-state index contributed by atoms with van der Waals surface area (Å²) in [5, 5.41) is 11.0. The van der Waals surface area contributed by atoms with E-state index < -0.39 is 10.0 Å². The molecule has 0 spiro atoms. The van der Waals surface area contributed by atoms with Gasteiger partial charge in [-0.1, -0.05) is 49.2 Å². The Balaban J connectivity index is 1.53. The zero-order valence-electron chi connectivity index (χ0n) is 17.7. The maximum atomic E-state index is 13.1. The molecular weight excluding hydrogens is 434 g/mol. The number of aromatic nitrogens is 2. The van der Waals surface area contributed by atoms with E-state index in [0.29, 0.717) is 24.1 Å². The first-order chi connectivity index (χ1) is 14.9. The highest BCUT2D eigenvalue weighted by atomic mass is 32.2. The Kier molecular flexibility index (Phi) is 7.00. The van der Waals surface area contributed by atoms with Crippen molar-refractivity contribution in [2.45, 2.75) is 42.9 Å². The van der Waals surface area contributed by atoms with Gasteiger partial charge >= 0.3 is 0 Å². The molecule has 10 heteroatoms. The number of carbonyl (C=O) groups is 1. The topological polar surface area (TPSA) is 95.5 Å². The molecule has 8 nitrogen and oxygen atoms in total. The number of anilines is 1. The van der Waals surface area contributed by atoms with Crippen molar-refractivity contribution in [1.29, 1.82) is 0 Å². The predicted molar refractivity (Wildman–Crippen MR) is 121 cm³/mol. The van der Waals surface area contributed by atoms with Crippen molar-refractivity contribution in [2.75, 3.05) is 38.5 Å². The summed E-state index contributed by atoms with van der Waals surface area (Å²) in [5.74, 6) is 0.0598. The molecule has 1 aliphatic heterocycles.